The molecule has 1 atom stereocenters. The molecule has 70 valence electrons. The molecule has 2 N–H and O–H groups in total. The summed E-state index contributed by atoms with van der Waals surface area (Å²) in [6.07, 6.45) is 3.64. The van der Waals surface area contributed by atoms with Crippen LogP contribution in [0.2, 0.25) is 0 Å². The van der Waals surface area contributed by atoms with Crippen molar-refractivity contribution in [3.63, 3.8) is 0 Å². The molecule has 4 heteroatoms. The lowest BCUT2D eigenvalue weighted by Crippen LogP contribution is -2.45. The molecule has 0 aliphatic carbocycles. The van der Waals surface area contributed by atoms with Gasteiger partial charge in [-0.25, -0.2) is 0 Å². The summed E-state index contributed by atoms with van der Waals surface area (Å²) in [6, 6.07) is 0. The zero-order chi connectivity index (χ0) is 9.03. The molecule has 0 radical (unpaired) electrons. The average Bonchev–Trinajstić information content (AvgIpc) is 2.18. The van der Waals surface area contributed by atoms with Gasteiger partial charge in [0.05, 0.1) is 13.2 Å². The van der Waals surface area contributed by atoms with Gasteiger partial charge in [-0.2, -0.15) is 0 Å². The van der Waals surface area contributed by atoms with Crippen LogP contribution in [0.5, 0.6) is 0 Å². The molecule has 1 rings (SSSR count). The lowest BCUT2D eigenvalue weighted by atomic mass is 9.99. The molecule has 1 heterocycles. The van der Waals surface area contributed by atoms with E-state index in [2.05, 4.69) is 0 Å². The second-order valence-electron chi connectivity index (χ2n) is 2.85. The third kappa shape index (κ3) is 1.84. The van der Waals surface area contributed by atoms with Crippen LogP contribution in [0, 0.1) is 0 Å². The van der Waals surface area contributed by atoms with E-state index in [0.29, 0.717) is 6.42 Å². The highest BCUT2D eigenvalue weighted by Gasteiger charge is 2.33. The van der Waals surface area contributed by atoms with Gasteiger partial charge >= 0.3 is 0 Å². The average molecular weight is 174 g/mol. The van der Waals surface area contributed by atoms with Gasteiger partial charge in [0.2, 0.25) is 0 Å². The number of ether oxygens (including phenoxy) is 2. The number of methoxy groups -OCH3 is 1. The lowest BCUT2D eigenvalue weighted by molar-refractivity contribution is -0.207. The summed E-state index contributed by atoms with van der Waals surface area (Å²) in [7, 11) is 1.51. The van der Waals surface area contributed by atoms with Crippen LogP contribution in [0.15, 0.2) is 12.2 Å². The molecule has 0 saturated heterocycles. The first-order valence-corrected chi connectivity index (χ1v) is 3.85. The maximum Gasteiger partial charge on any atom is 0.177 e. The van der Waals surface area contributed by atoms with Crippen molar-refractivity contribution in [3.8, 4) is 0 Å². The quantitative estimate of drug-likeness (QED) is 0.575. The number of rotatable bonds is 3. The maximum atomic E-state index is 8.98. The predicted molar refractivity (Wildman–Crippen MR) is 42.5 cm³/mol. The molecule has 0 fully saturated rings. The van der Waals surface area contributed by atoms with E-state index in [-0.39, 0.29) is 13.2 Å². The number of hydrogen-bond donors (Lipinski definition) is 2. The van der Waals surface area contributed by atoms with Gasteiger partial charge < -0.3 is 19.7 Å². The molecule has 0 unspecified atom stereocenters. The molecule has 0 bridgehead atoms. The Balaban J connectivity index is 2.63. The minimum absolute atomic E-state index is 0.201. The van der Waals surface area contributed by atoms with Crippen molar-refractivity contribution in [1.29, 1.82) is 0 Å². The highest BCUT2D eigenvalue weighted by molar-refractivity contribution is 4.99. The van der Waals surface area contributed by atoms with Crippen molar-refractivity contribution in [1.82, 2.24) is 0 Å². The summed E-state index contributed by atoms with van der Waals surface area (Å²) in [5.41, 5.74) is -0.866. The summed E-state index contributed by atoms with van der Waals surface area (Å²) < 4.78 is 10.2. The van der Waals surface area contributed by atoms with E-state index in [1.54, 1.807) is 6.08 Å². The largest absolute Gasteiger partial charge is 0.393 e. The number of aliphatic hydroxyl groups excluding tert-OH is 2. The predicted octanol–water partition coefficient (Wildman–Crippen LogP) is -0.341. The third-order valence-electron chi connectivity index (χ3n) is 1.96. The first-order chi connectivity index (χ1) is 5.76. The van der Waals surface area contributed by atoms with Crippen LogP contribution in [0.4, 0.5) is 0 Å². The van der Waals surface area contributed by atoms with Crippen LogP contribution >= 0.6 is 0 Å². The molecule has 0 amide bonds. The maximum absolute atomic E-state index is 8.98. The summed E-state index contributed by atoms with van der Waals surface area (Å²) in [4.78, 5) is 0. The molecule has 0 spiro atoms. The second kappa shape index (κ2) is 4.00. The standard InChI is InChI=1S/C8H14O4/c1-11-7-3-2-4-8(5-9,6-10)12-7/h2-3,7,9-10H,4-6H2,1H3/t7-/m0/s1. The van der Waals surface area contributed by atoms with E-state index in [0.717, 1.165) is 0 Å². The molecule has 4 nitrogen and oxygen atoms in total. The van der Waals surface area contributed by atoms with Crippen molar-refractivity contribution in [2.75, 3.05) is 20.3 Å². The SMILES string of the molecule is CO[C@@H]1C=CCC(CO)(CO)O1. The van der Waals surface area contributed by atoms with Gasteiger partial charge in [-0.1, -0.05) is 6.08 Å². The second-order valence-corrected chi connectivity index (χ2v) is 2.85. The van der Waals surface area contributed by atoms with Crippen LogP contribution in [-0.2, 0) is 9.47 Å². The third-order valence-corrected chi connectivity index (χ3v) is 1.96. The van der Waals surface area contributed by atoms with Gasteiger partial charge in [0.25, 0.3) is 0 Å². The highest BCUT2D eigenvalue weighted by atomic mass is 16.7. The highest BCUT2D eigenvalue weighted by Crippen LogP contribution is 2.23. The Kier molecular flexibility index (Phi) is 3.22. The zero-order valence-electron chi connectivity index (χ0n) is 7.06. The fourth-order valence-corrected chi connectivity index (χ4v) is 1.11. The Bertz CT molecular complexity index is 162. The lowest BCUT2D eigenvalue weighted by Gasteiger charge is -2.34. The van der Waals surface area contributed by atoms with Crippen LogP contribution in [-0.4, -0.2) is 42.4 Å². The fourth-order valence-electron chi connectivity index (χ4n) is 1.11. The normalized spacial score (nSPS) is 27.4. The van der Waals surface area contributed by atoms with Crippen LogP contribution in [0.1, 0.15) is 6.42 Å². The minimum Gasteiger partial charge on any atom is -0.393 e. The van der Waals surface area contributed by atoms with E-state index >= 15 is 0 Å². The van der Waals surface area contributed by atoms with E-state index < -0.39 is 11.9 Å². The van der Waals surface area contributed by atoms with E-state index in [9.17, 15) is 0 Å². The smallest absolute Gasteiger partial charge is 0.177 e. The van der Waals surface area contributed by atoms with Crippen molar-refractivity contribution in [2.45, 2.75) is 18.3 Å². The number of aliphatic hydroxyl groups is 2. The van der Waals surface area contributed by atoms with Crippen LogP contribution < -0.4 is 0 Å². The molecule has 1 aliphatic heterocycles. The van der Waals surface area contributed by atoms with E-state index in [4.69, 9.17) is 19.7 Å². The Hall–Kier alpha value is -0.420. The van der Waals surface area contributed by atoms with Crippen LogP contribution in [0.3, 0.4) is 0 Å². The Morgan fingerprint density at radius 2 is 2.25 bits per heavy atom. The summed E-state index contributed by atoms with van der Waals surface area (Å²) in [5.74, 6) is 0. The molecular weight excluding hydrogens is 160 g/mol. The number of hydrogen-bond acceptors (Lipinski definition) is 4. The molecule has 1 aliphatic rings. The van der Waals surface area contributed by atoms with Gasteiger partial charge in [0, 0.05) is 7.11 Å². The first-order valence-electron chi connectivity index (χ1n) is 3.85. The van der Waals surface area contributed by atoms with Crippen molar-refractivity contribution in [2.24, 2.45) is 0 Å². The van der Waals surface area contributed by atoms with E-state index in [1.807, 2.05) is 6.08 Å². The monoisotopic (exact) mass is 174 g/mol. The zero-order valence-corrected chi connectivity index (χ0v) is 7.06. The molecule has 0 aromatic heterocycles. The van der Waals surface area contributed by atoms with Gasteiger partial charge in [0.1, 0.15) is 5.60 Å². The Morgan fingerprint density at radius 1 is 1.58 bits per heavy atom. The van der Waals surface area contributed by atoms with E-state index in [1.165, 1.54) is 7.11 Å². The van der Waals surface area contributed by atoms with Gasteiger partial charge in [0.15, 0.2) is 6.29 Å². The summed E-state index contributed by atoms with van der Waals surface area (Å²) in [5, 5.41) is 18.0. The van der Waals surface area contributed by atoms with Gasteiger partial charge in [-0.15, -0.1) is 0 Å². The molecule has 0 aromatic rings. The molecular formula is C8H14O4. The van der Waals surface area contributed by atoms with Crippen molar-refractivity contribution < 1.29 is 19.7 Å². The topological polar surface area (TPSA) is 58.9 Å². The van der Waals surface area contributed by atoms with Gasteiger partial charge in [-0.05, 0) is 12.5 Å². The minimum atomic E-state index is -0.866. The Morgan fingerprint density at radius 3 is 2.75 bits per heavy atom. The summed E-state index contributed by atoms with van der Waals surface area (Å²) in [6.45, 7) is -0.401. The van der Waals surface area contributed by atoms with Gasteiger partial charge in [-0.3, -0.25) is 0 Å². The van der Waals surface area contributed by atoms with Crippen molar-refractivity contribution in [3.05, 3.63) is 12.2 Å². The fraction of sp³-hybridized carbons (Fsp3) is 0.750. The summed E-state index contributed by atoms with van der Waals surface area (Å²) >= 11 is 0. The van der Waals surface area contributed by atoms with Crippen molar-refractivity contribution >= 4 is 0 Å². The molecule has 0 aromatic carbocycles. The first kappa shape index (κ1) is 9.67. The van der Waals surface area contributed by atoms with Crippen LogP contribution in [0.25, 0.3) is 0 Å². The molecule has 12 heavy (non-hydrogen) atoms. The Labute approximate surface area is 71.4 Å². The molecule has 0 saturated carbocycles.